The summed E-state index contributed by atoms with van der Waals surface area (Å²) in [7, 11) is -16.5. The van der Waals surface area contributed by atoms with Crippen molar-refractivity contribution in [1.82, 2.24) is 30.2 Å². The fraction of sp³-hybridized carbons (Fsp3) is 0.571. The normalized spacial score (nSPS) is 20.6. The number of ether oxygens (including phenoxy) is 1. The van der Waals surface area contributed by atoms with Crippen LogP contribution < -0.4 is 22.1 Å². The number of nitrogen functional groups attached to an aromatic ring is 1. The van der Waals surface area contributed by atoms with E-state index in [9.17, 15) is 72.6 Å². The zero-order valence-corrected chi connectivity index (χ0v) is 45.8. The lowest BCUT2D eigenvalue weighted by molar-refractivity contribution is -0.138. The molecule has 10 unspecified atom stereocenters. The summed E-state index contributed by atoms with van der Waals surface area (Å²) < 4.78 is 62.4. The first-order valence-electron chi connectivity index (χ1n) is 23.2. The van der Waals surface area contributed by atoms with Crippen molar-refractivity contribution in [3.05, 3.63) is 61.3 Å². The number of aliphatic carboxylic acids is 2. The molecule has 2 amide bonds. The highest BCUT2D eigenvalue weighted by Crippen LogP contribution is 2.61. The molecule has 1 aliphatic heterocycles. The number of carboxylic acid groups (broad SMARTS) is 2. The first-order chi connectivity index (χ1) is 36.0. The predicted molar refractivity (Wildman–Crippen MR) is 277 cm³/mol. The molecule has 0 radical (unpaired) electrons. The van der Waals surface area contributed by atoms with E-state index in [4.69, 9.17) is 35.5 Å². The van der Waals surface area contributed by atoms with Gasteiger partial charge in [-0.25, -0.2) is 28.6 Å². The second-order valence-electron chi connectivity index (χ2n) is 17.3. The topological polar surface area (TPSA) is 484 Å². The maximum atomic E-state index is 12.8. The number of aliphatic hydroxyl groups excluding tert-OH is 3. The monoisotopic (exact) mass is 1190 g/mol. The van der Waals surface area contributed by atoms with Crippen LogP contribution in [0.15, 0.2) is 61.3 Å². The number of unbranched alkanes of at least 4 members (excludes halogenated alkanes) is 1. The SMILES string of the molecule is CC(C)(COP(=O)(O)OP(=O)(O)OCC1OC(n2cnc3c(N)ncnc32)C(O)C1OP(=O)(O)O)C(O)C(=O)NCCC(=O)NCCSC(=O)CC=CCCC=CC=CC=CC(SCC(N)C(=O)O)C(O)CCCC(=O)O. The van der Waals surface area contributed by atoms with E-state index < -0.39 is 114 Å². The number of anilines is 1. The minimum Gasteiger partial charge on any atom is -0.481 e. The Morgan fingerprint density at radius 3 is 2.30 bits per heavy atom. The molecule has 1 aliphatic rings. The van der Waals surface area contributed by atoms with Gasteiger partial charge in [-0.05, 0) is 25.7 Å². The van der Waals surface area contributed by atoms with Crippen molar-refractivity contribution in [1.29, 1.82) is 0 Å². The van der Waals surface area contributed by atoms with Crippen molar-refractivity contribution in [2.24, 2.45) is 11.1 Å². The molecule has 3 rings (SSSR count). The van der Waals surface area contributed by atoms with E-state index >= 15 is 0 Å². The largest absolute Gasteiger partial charge is 0.481 e. The Hall–Kier alpha value is -4.27. The number of phosphoric ester groups is 3. The molecule has 432 valence electrons. The Bertz CT molecular complexity index is 2570. The van der Waals surface area contributed by atoms with Crippen LogP contribution in [0.5, 0.6) is 0 Å². The van der Waals surface area contributed by atoms with E-state index in [2.05, 4.69) is 34.4 Å². The van der Waals surface area contributed by atoms with Crippen LogP contribution in [0.1, 0.15) is 65.0 Å². The molecule has 0 saturated carbocycles. The Labute approximate surface area is 449 Å². The molecule has 1 saturated heterocycles. The molecule has 2 aromatic rings. The number of nitrogens with one attached hydrogen (secondary N) is 2. The molecule has 1 fully saturated rings. The zero-order valence-electron chi connectivity index (χ0n) is 41.5. The highest BCUT2D eigenvalue weighted by molar-refractivity contribution is 8.13. The summed E-state index contributed by atoms with van der Waals surface area (Å²) in [5.41, 5.74) is 9.78. The third kappa shape index (κ3) is 24.7. The number of thioether (sulfide) groups is 2. The van der Waals surface area contributed by atoms with E-state index in [0.717, 1.165) is 29.0 Å². The summed E-state index contributed by atoms with van der Waals surface area (Å²) in [6.07, 6.45) is 8.05. The summed E-state index contributed by atoms with van der Waals surface area (Å²) in [5.74, 6) is -3.37. The lowest BCUT2D eigenvalue weighted by Crippen LogP contribution is -2.46. The van der Waals surface area contributed by atoms with Gasteiger partial charge >= 0.3 is 35.4 Å². The molecule has 2 aromatic heterocycles. The van der Waals surface area contributed by atoms with E-state index in [0.29, 0.717) is 12.8 Å². The van der Waals surface area contributed by atoms with Gasteiger partial charge in [-0.1, -0.05) is 74.2 Å². The Morgan fingerprint density at radius 1 is 0.922 bits per heavy atom. The van der Waals surface area contributed by atoms with Gasteiger partial charge in [-0.2, -0.15) is 4.31 Å². The van der Waals surface area contributed by atoms with Crippen LogP contribution in [-0.4, -0.2) is 173 Å². The van der Waals surface area contributed by atoms with E-state index in [-0.39, 0.29) is 78.8 Å². The van der Waals surface area contributed by atoms with Crippen LogP contribution in [0.4, 0.5) is 5.82 Å². The lowest BCUT2D eigenvalue weighted by Gasteiger charge is -2.30. The molecule has 3 heterocycles. The van der Waals surface area contributed by atoms with Crippen LogP contribution in [-0.2, 0) is 60.3 Å². The first kappa shape index (κ1) is 67.0. The molecule has 0 spiro atoms. The fourth-order valence-corrected chi connectivity index (χ4v) is 11.1. The Morgan fingerprint density at radius 2 is 1.61 bits per heavy atom. The number of aliphatic hydroxyl groups is 3. The molecular formula is C42H65N8O22P3S2. The van der Waals surface area contributed by atoms with Crippen molar-refractivity contribution in [2.75, 3.05) is 43.5 Å². The first-order valence-corrected chi connectivity index (χ1v) is 29.8. The van der Waals surface area contributed by atoms with Crippen LogP contribution in [0, 0.1) is 5.41 Å². The number of phosphoric acid groups is 3. The number of nitrogens with zero attached hydrogens (tertiary/aromatic N) is 4. The van der Waals surface area contributed by atoms with Gasteiger partial charge < -0.3 is 71.9 Å². The number of imidazole rings is 1. The van der Waals surface area contributed by atoms with Gasteiger partial charge in [0, 0.05) is 54.5 Å². The molecule has 10 atom stereocenters. The van der Waals surface area contributed by atoms with Crippen LogP contribution >= 0.6 is 47.0 Å². The molecule has 15 N–H and O–H groups in total. The molecule has 35 heteroatoms. The predicted octanol–water partition coefficient (Wildman–Crippen LogP) is 1.19. The highest BCUT2D eigenvalue weighted by Gasteiger charge is 2.50. The number of hydrogen-bond donors (Lipinski definition) is 13. The van der Waals surface area contributed by atoms with Gasteiger partial charge in [-0.3, -0.25) is 42.1 Å². The second kappa shape index (κ2) is 32.1. The van der Waals surface area contributed by atoms with Crippen molar-refractivity contribution in [3.8, 4) is 0 Å². The zero-order chi connectivity index (χ0) is 57.6. The lowest BCUT2D eigenvalue weighted by atomic mass is 9.87. The average Bonchev–Trinajstić information content (AvgIpc) is 3.90. The van der Waals surface area contributed by atoms with E-state index in [1.165, 1.54) is 25.6 Å². The van der Waals surface area contributed by atoms with Crippen molar-refractivity contribution < 1.29 is 105 Å². The average molecular weight is 1190 g/mol. The van der Waals surface area contributed by atoms with Gasteiger partial charge in [0.25, 0.3) is 0 Å². The van der Waals surface area contributed by atoms with Gasteiger partial charge in [0.05, 0.1) is 25.6 Å². The summed E-state index contributed by atoms with van der Waals surface area (Å²) in [5, 5.41) is 54.3. The molecule has 0 bridgehead atoms. The fourth-order valence-electron chi connectivity index (χ4n) is 6.53. The van der Waals surface area contributed by atoms with E-state index in [1.807, 2.05) is 18.2 Å². The number of rotatable bonds is 36. The third-order valence-electron chi connectivity index (χ3n) is 10.5. The minimum absolute atomic E-state index is 0.0147. The third-order valence-corrected chi connectivity index (χ3v) is 15.9. The number of hydrogen-bond acceptors (Lipinski definition) is 23. The molecule has 30 nitrogen and oxygen atoms in total. The van der Waals surface area contributed by atoms with E-state index in [1.54, 1.807) is 30.4 Å². The van der Waals surface area contributed by atoms with Gasteiger partial charge in [0.2, 0.25) is 11.8 Å². The van der Waals surface area contributed by atoms with Crippen LogP contribution in [0.2, 0.25) is 0 Å². The Balaban J connectivity index is 1.32. The minimum atomic E-state index is -5.61. The van der Waals surface area contributed by atoms with Gasteiger partial charge in [0.15, 0.2) is 22.8 Å². The molecule has 77 heavy (non-hydrogen) atoms. The summed E-state index contributed by atoms with van der Waals surface area (Å²) >= 11 is 2.18. The second-order valence-corrected chi connectivity index (χ2v) is 23.9. The number of fused-ring (bicyclic) bond motifs is 1. The smallest absolute Gasteiger partial charge is 0.481 e. The number of allylic oxidation sites excluding steroid dienone is 7. The van der Waals surface area contributed by atoms with Crippen LogP contribution in [0.3, 0.4) is 0 Å². The number of carbonyl (C=O) groups is 5. The van der Waals surface area contributed by atoms with Crippen molar-refractivity contribution in [2.45, 2.75) is 107 Å². The number of aromatic nitrogens is 4. The maximum Gasteiger partial charge on any atom is 0.481 e. The maximum absolute atomic E-state index is 12.8. The summed E-state index contributed by atoms with van der Waals surface area (Å²) in [6, 6.07) is -1.11. The van der Waals surface area contributed by atoms with Crippen LogP contribution in [0.25, 0.3) is 11.2 Å². The van der Waals surface area contributed by atoms with Gasteiger partial charge in [-0.15, -0.1) is 11.8 Å². The summed E-state index contributed by atoms with van der Waals surface area (Å²) in [4.78, 5) is 110. The molecular weight excluding hydrogens is 1130 g/mol. The van der Waals surface area contributed by atoms with Crippen molar-refractivity contribution in [3.63, 3.8) is 0 Å². The quantitative estimate of drug-likeness (QED) is 0.0197. The number of nitrogens with two attached hydrogens (primary N) is 2. The molecule has 0 aliphatic carbocycles. The number of amides is 2. The molecule has 0 aromatic carbocycles. The standard InChI is InChI=1S/C42H65N8O22P3S2/c1-42(2,23-69-75(66,67)72-74(64,65)68-21-28-35(71-73(61,62)63)34(56)40(70-28)50-25-49-33-37(44)47-24-48-38(33)50)36(57)39(58)46-18-17-30(52)45-19-20-76-32(55)16-11-9-7-5-3-4-6-8-10-14-29(77-22-26(43)41(59)60)27(51)13-12-15-31(53)54/h3-4,6,8-11,14,24-29,34-36,40,51,56-57H,5,7,12-13,15-23,43H2,1-2H3,(H,45,52)(H,46,58)(H,53,54)(H,59,60)(H,64,65)(H,66,67)(H2,44,47,48)(H2,61,62,63). The summed E-state index contributed by atoms with van der Waals surface area (Å²) in [6.45, 7) is 0.276. The number of carboxylic acids is 2. The number of carbonyl (C=O) groups excluding carboxylic acids is 3. The van der Waals surface area contributed by atoms with Gasteiger partial charge in [0.1, 0.15) is 42.3 Å². The van der Waals surface area contributed by atoms with Crippen molar-refractivity contribution >= 4 is 92.8 Å². The Kier molecular flexibility index (Phi) is 27.9. The highest BCUT2D eigenvalue weighted by atomic mass is 32.2.